The van der Waals surface area contributed by atoms with Gasteiger partial charge in [-0.3, -0.25) is 4.90 Å². The van der Waals surface area contributed by atoms with Gasteiger partial charge in [0.2, 0.25) is 0 Å². The average Bonchev–Trinajstić information content (AvgIpc) is 2.39. The number of rotatable bonds is 6. The highest BCUT2D eigenvalue weighted by molar-refractivity contribution is 5.26. The summed E-state index contributed by atoms with van der Waals surface area (Å²) in [6.45, 7) is 13.1. The van der Waals surface area contributed by atoms with Gasteiger partial charge >= 0.3 is 0 Å². The minimum Gasteiger partial charge on any atom is -0.322 e. The molecule has 2 unspecified atom stereocenters. The summed E-state index contributed by atoms with van der Waals surface area (Å²) in [5.74, 6) is 0. The lowest BCUT2D eigenvalue weighted by Gasteiger charge is -2.44. The molecule has 2 atom stereocenters. The van der Waals surface area contributed by atoms with Gasteiger partial charge in [0, 0.05) is 11.6 Å². The van der Waals surface area contributed by atoms with Crippen molar-refractivity contribution in [1.82, 2.24) is 4.90 Å². The highest BCUT2D eigenvalue weighted by Crippen LogP contribution is 2.32. The van der Waals surface area contributed by atoms with Gasteiger partial charge in [-0.05, 0) is 38.9 Å². The second-order valence-electron chi connectivity index (χ2n) is 5.27. The molecule has 0 radical (unpaired) electrons. The summed E-state index contributed by atoms with van der Waals surface area (Å²) in [5.41, 5.74) is 9.09. The maximum absolute atomic E-state index is 6.54. The van der Waals surface area contributed by atoms with E-state index in [9.17, 15) is 0 Å². The second-order valence-corrected chi connectivity index (χ2v) is 5.27. The van der Waals surface area contributed by atoms with Crippen molar-refractivity contribution in [3.05, 3.63) is 35.4 Å². The predicted octanol–water partition coefficient (Wildman–Crippen LogP) is 3.51. The van der Waals surface area contributed by atoms with Crippen molar-refractivity contribution in [3.63, 3.8) is 0 Å². The number of benzene rings is 1. The highest BCUT2D eigenvalue weighted by atomic mass is 15.2. The van der Waals surface area contributed by atoms with Gasteiger partial charge in [0.15, 0.2) is 0 Å². The molecular formula is C16H28N2. The van der Waals surface area contributed by atoms with Crippen LogP contribution < -0.4 is 5.73 Å². The van der Waals surface area contributed by atoms with E-state index in [-0.39, 0.29) is 11.6 Å². The van der Waals surface area contributed by atoms with E-state index in [4.69, 9.17) is 5.73 Å². The number of nitrogens with two attached hydrogens (primary N) is 1. The van der Waals surface area contributed by atoms with E-state index in [2.05, 4.69) is 63.8 Å². The summed E-state index contributed by atoms with van der Waals surface area (Å²) in [6.07, 6.45) is 1.06. The van der Waals surface area contributed by atoms with Gasteiger partial charge in [-0.2, -0.15) is 0 Å². The van der Waals surface area contributed by atoms with E-state index >= 15 is 0 Å². The summed E-state index contributed by atoms with van der Waals surface area (Å²) in [7, 11) is 0. The van der Waals surface area contributed by atoms with Crippen molar-refractivity contribution < 1.29 is 0 Å². The maximum atomic E-state index is 6.54. The van der Waals surface area contributed by atoms with Crippen LogP contribution in [0, 0.1) is 6.92 Å². The minimum atomic E-state index is 0.0265. The van der Waals surface area contributed by atoms with Gasteiger partial charge < -0.3 is 5.73 Å². The third-order valence-electron chi connectivity index (χ3n) is 4.31. The molecule has 0 fully saturated rings. The summed E-state index contributed by atoms with van der Waals surface area (Å²) < 4.78 is 0. The van der Waals surface area contributed by atoms with Gasteiger partial charge in [-0.1, -0.05) is 50.6 Å². The summed E-state index contributed by atoms with van der Waals surface area (Å²) in [5, 5.41) is 0. The third-order valence-corrected chi connectivity index (χ3v) is 4.31. The number of aryl methyl sites for hydroxylation is 1. The molecule has 0 heterocycles. The average molecular weight is 248 g/mol. The van der Waals surface area contributed by atoms with Crippen molar-refractivity contribution in [1.29, 1.82) is 0 Å². The first-order valence-corrected chi connectivity index (χ1v) is 7.06. The van der Waals surface area contributed by atoms with Crippen molar-refractivity contribution in [2.45, 2.75) is 52.6 Å². The van der Waals surface area contributed by atoms with Crippen LogP contribution in [-0.4, -0.2) is 23.5 Å². The Hall–Kier alpha value is -0.860. The van der Waals surface area contributed by atoms with Crippen LogP contribution in [0.4, 0.5) is 0 Å². The molecule has 2 N–H and O–H groups in total. The van der Waals surface area contributed by atoms with Gasteiger partial charge in [-0.15, -0.1) is 0 Å². The zero-order valence-corrected chi connectivity index (χ0v) is 12.5. The summed E-state index contributed by atoms with van der Waals surface area (Å²) >= 11 is 0. The molecule has 0 amide bonds. The zero-order valence-electron chi connectivity index (χ0n) is 12.5. The normalized spacial score (nSPS) is 16.6. The van der Waals surface area contributed by atoms with Crippen LogP contribution in [0.2, 0.25) is 0 Å². The molecule has 0 aliphatic carbocycles. The Bertz CT molecular complexity index is 354. The lowest BCUT2D eigenvalue weighted by Crippen LogP contribution is -2.52. The van der Waals surface area contributed by atoms with Crippen LogP contribution in [0.25, 0.3) is 0 Å². The second kappa shape index (κ2) is 6.35. The third kappa shape index (κ3) is 2.93. The van der Waals surface area contributed by atoms with Crippen LogP contribution in [0.3, 0.4) is 0 Å². The summed E-state index contributed by atoms with van der Waals surface area (Å²) in [6, 6.07) is 8.68. The first-order valence-electron chi connectivity index (χ1n) is 7.06. The van der Waals surface area contributed by atoms with Gasteiger partial charge in [0.1, 0.15) is 0 Å². The van der Waals surface area contributed by atoms with Crippen LogP contribution in [0.5, 0.6) is 0 Å². The molecule has 0 saturated carbocycles. The Kier molecular flexibility index (Phi) is 5.36. The number of nitrogens with zero attached hydrogens (tertiary/aromatic N) is 1. The largest absolute Gasteiger partial charge is 0.322 e. The SMILES string of the molecule is CCN(CC)C(C)(CC)C(N)c1ccc(C)cc1. The van der Waals surface area contributed by atoms with E-state index in [0.29, 0.717) is 0 Å². The first-order chi connectivity index (χ1) is 8.49. The molecule has 0 bridgehead atoms. The number of hydrogen-bond donors (Lipinski definition) is 1. The van der Waals surface area contributed by atoms with Crippen LogP contribution in [0.15, 0.2) is 24.3 Å². The number of likely N-dealkylation sites (N-methyl/N-ethyl adjacent to an activating group) is 1. The Morgan fingerprint density at radius 1 is 1.11 bits per heavy atom. The molecule has 0 saturated heterocycles. The topological polar surface area (TPSA) is 29.3 Å². The van der Waals surface area contributed by atoms with Crippen molar-refractivity contribution in [2.24, 2.45) is 5.73 Å². The highest BCUT2D eigenvalue weighted by Gasteiger charge is 2.35. The monoisotopic (exact) mass is 248 g/mol. The van der Waals surface area contributed by atoms with Gasteiger partial charge in [0.05, 0.1) is 0 Å². The van der Waals surface area contributed by atoms with E-state index in [0.717, 1.165) is 19.5 Å². The Morgan fingerprint density at radius 2 is 1.61 bits per heavy atom. The molecule has 0 aromatic heterocycles. The van der Waals surface area contributed by atoms with Crippen molar-refractivity contribution >= 4 is 0 Å². The molecule has 0 aliphatic heterocycles. The fourth-order valence-electron chi connectivity index (χ4n) is 2.72. The lowest BCUT2D eigenvalue weighted by atomic mass is 9.83. The Morgan fingerprint density at radius 3 is 2.00 bits per heavy atom. The lowest BCUT2D eigenvalue weighted by molar-refractivity contribution is 0.0844. The molecule has 102 valence electrons. The quantitative estimate of drug-likeness (QED) is 0.835. The number of hydrogen-bond acceptors (Lipinski definition) is 2. The standard InChI is InChI=1S/C16H28N2/c1-6-16(5,18(7-2)8-3)15(17)14-11-9-13(4)10-12-14/h9-12,15H,6-8,17H2,1-5H3. The molecular weight excluding hydrogens is 220 g/mol. The predicted molar refractivity (Wildman–Crippen MR) is 79.7 cm³/mol. The fraction of sp³-hybridized carbons (Fsp3) is 0.625. The van der Waals surface area contributed by atoms with Crippen LogP contribution >= 0.6 is 0 Å². The van der Waals surface area contributed by atoms with Crippen molar-refractivity contribution in [2.75, 3.05) is 13.1 Å². The van der Waals surface area contributed by atoms with E-state index < -0.39 is 0 Å². The molecule has 2 nitrogen and oxygen atoms in total. The van der Waals surface area contributed by atoms with E-state index in [1.807, 2.05) is 0 Å². The van der Waals surface area contributed by atoms with E-state index in [1.165, 1.54) is 11.1 Å². The molecule has 2 heteroatoms. The van der Waals surface area contributed by atoms with Gasteiger partial charge in [0.25, 0.3) is 0 Å². The fourth-order valence-corrected chi connectivity index (χ4v) is 2.72. The summed E-state index contributed by atoms with van der Waals surface area (Å²) in [4.78, 5) is 2.47. The first kappa shape index (κ1) is 15.2. The smallest absolute Gasteiger partial charge is 0.0479 e. The Balaban J connectivity index is 3.03. The molecule has 0 aliphatic rings. The van der Waals surface area contributed by atoms with Crippen molar-refractivity contribution in [3.8, 4) is 0 Å². The Labute approximate surface area is 112 Å². The van der Waals surface area contributed by atoms with Crippen LogP contribution in [0.1, 0.15) is 51.3 Å². The molecule has 1 aromatic carbocycles. The van der Waals surface area contributed by atoms with Gasteiger partial charge in [-0.25, -0.2) is 0 Å². The van der Waals surface area contributed by atoms with E-state index in [1.54, 1.807) is 0 Å². The zero-order chi connectivity index (χ0) is 13.8. The molecule has 1 aromatic rings. The molecule has 18 heavy (non-hydrogen) atoms. The minimum absolute atomic E-state index is 0.0265. The molecule has 1 rings (SSSR count). The van der Waals surface area contributed by atoms with Crippen LogP contribution in [-0.2, 0) is 0 Å². The maximum Gasteiger partial charge on any atom is 0.0479 e. The molecule has 0 spiro atoms.